The molecule has 0 aromatic heterocycles. The minimum absolute atomic E-state index is 0. The van der Waals surface area contributed by atoms with Crippen LogP contribution in [-0.2, 0) is 76.8 Å². The van der Waals surface area contributed by atoms with Crippen molar-refractivity contribution in [2.24, 2.45) is 20.0 Å². The van der Waals surface area contributed by atoms with E-state index in [1.807, 2.05) is 72.8 Å². The van der Waals surface area contributed by atoms with Crippen molar-refractivity contribution in [2.75, 3.05) is 0 Å². The van der Waals surface area contributed by atoms with Crippen molar-refractivity contribution in [3.63, 3.8) is 0 Å². The average Bonchev–Trinajstić information content (AvgIpc) is 0.736. The van der Waals surface area contributed by atoms with Gasteiger partial charge in [-0.1, -0.05) is 222 Å². The van der Waals surface area contributed by atoms with Gasteiger partial charge in [-0.2, -0.15) is 0 Å². The first-order chi connectivity index (χ1) is 46.4. The first-order valence-corrected chi connectivity index (χ1v) is 31.0. The zero-order chi connectivity index (χ0) is 66.8. The third kappa shape index (κ3) is 14.8. The Hall–Kier alpha value is -10.7. The van der Waals surface area contributed by atoms with Crippen LogP contribution in [0.3, 0.4) is 0 Å². The van der Waals surface area contributed by atoms with Crippen molar-refractivity contribution >= 4 is 70.4 Å². The van der Waals surface area contributed by atoms with Crippen LogP contribution in [0.15, 0.2) is 263 Å². The third-order valence-corrected chi connectivity index (χ3v) is 17.4. The van der Waals surface area contributed by atoms with Crippen LogP contribution in [0.5, 0.6) is 46.0 Å². The molecule has 0 saturated carbocycles. The van der Waals surface area contributed by atoms with Crippen molar-refractivity contribution in [2.45, 2.75) is 38.5 Å². The minimum atomic E-state index is -0.434. The van der Waals surface area contributed by atoms with Crippen molar-refractivity contribution < 1.29 is 95.9 Å². The molecule has 0 bridgehead atoms. The van der Waals surface area contributed by atoms with E-state index < -0.39 is 10.8 Å². The van der Waals surface area contributed by atoms with Gasteiger partial charge in [-0.15, -0.1) is 45.7 Å². The summed E-state index contributed by atoms with van der Waals surface area (Å²) in [5.41, 5.74) is 46.7. The summed E-state index contributed by atoms with van der Waals surface area (Å²) in [4.78, 5) is 17.7. The van der Waals surface area contributed by atoms with Crippen LogP contribution < -0.4 is 29.9 Å². The molecule has 0 radical (unpaired) electrons. The Morgan fingerprint density at radius 3 is 0.700 bits per heavy atom. The Morgan fingerprint density at radius 1 is 0.280 bits per heavy atom. The Kier molecular flexibility index (Phi) is 22.8. The van der Waals surface area contributed by atoms with Gasteiger partial charge in [0.05, 0.1) is 0 Å². The minimum Gasteiger partial charge on any atom is -0.872 e. The summed E-state index contributed by atoms with van der Waals surface area (Å²) >= 11 is 0. The van der Waals surface area contributed by atoms with Gasteiger partial charge in [0.25, 0.3) is 0 Å². The maximum Gasteiger partial charge on any atom is 2.00 e. The largest absolute Gasteiger partial charge is 2.00 e. The van der Waals surface area contributed by atoms with E-state index >= 15 is 0 Å². The van der Waals surface area contributed by atoms with Crippen LogP contribution in [0.25, 0.3) is 67.4 Å². The first kappa shape index (κ1) is 73.5. The zero-order valence-electron chi connectivity index (χ0n) is 53.9. The van der Waals surface area contributed by atoms with Gasteiger partial charge in [0, 0.05) is 103 Å². The van der Waals surface area contributed by atoms with E-state index in [1.165, 1.54) is 49.1 Å². The fourth-order valence-electron chi connectivity index (χ4n) is 12.1. The van der Waals surface area contributed by atoms with Crippen LogP contribution >= 0.6 is 0 Å². The van der Waals surface area contributed by atoms with Gasteiger partial charge < -0.3 is 52.8 Å². The zero-order valence-corrected chi connectivity index (χ0v) is 57.9. The molecule has 2 aliphatic heterocycles. The number of ether oxygens (including phenoxy) is 2. The normalized spacial score (nSPS) is 12.8. The van der Waals surface area contributed by atoms with Gasteiger partial charge in [0.2, 0.25) is 0 Å². The van der Waals surface area contributed by atoms with Gasteiger partial charge >= 0.3 is 66.0 Å². The second-order valence-corrected chi connectivity index (χ2v) is 24.3. The summed E-state index contributed by atoms with van der Waals surface area (Å²) in [6.45, 7) is 8.65. The fourth-order valence-corrected chi connectivity index (χ4v) is 12.1. The van der Waals surface area contributed by atoms with Crippen molar-refractivity contribution in [3.8, 4) is 90.5 Å². The summed E-state index contributed by atoms with van der Waals surface area (Å²) in [6, 6.07) is 72.6. The van der Waals surface area contributed by atoms with E-state index in [2.05, 4.69) is 71.9 Å². The van der Waals surface area contributed by atoms with Gasteiger partial charge in [-0.05, 0) is 93.0 Å². The molecule has 0 saturated heterocycles. The number of nitrogens with zero attached hydrogens (tertiary/aromatic N) is 4. The van der Waals surface area contributed by atoms with E-state index in [0.717, 1.165) is 66.8 Å². The van der Waals surface area contributed by atoms with Crippen LogP contribution in [0.4, 0.5) is 45.5 Å². The first-order valence-electron chi connectivity index (χ1n) is 31.0. The maximum atomic E-state index is 12.9. The van der Waals surface area contributed by atoms with Crippen LogP contribution in [-0.4, -0.2) is 24.9 Å². The predicted octanol–water partition coefficient (Wildman–Crippen LogP) is 20.9. The van der Waals surface area contributed by atoms with Gasteiger partial charge in [0.15, 0.2) is 0 Å². The number of aliphatic imine (C=N–C) groups is 4. The van der Waals surface area contributed by atoms with Gasteiger partial charge in [-0.25, -0.2) is 0 Å². The molecule has 0 unspecified atom stereocenters. The molecule has 0 fully saturated rings. The molecule has 14 nitrogen and oxygen atoms in total. The smallest absolute Gasteiger partial charge is 0.872 e. The molecule has 4 N–H and O–H groups in total. The van der Waals surface area contributed by atoms with E-state index in [4.69, 9.17) is 32.4 Å². The number of benzene rings is 12. The summed E-state index contributed by atoms with van der Waals surface area (Å²) in [7, 11) is 0. The summed E-state index contributed by atoms with van der Waals surface area (Å²) in [5, 5.41) is 51.4. The Balaban J connectivity index is 0.000000224. The number of para-hydroxylation sites is 8. The topological polar surface area (TPSA) is 255 Å². The summed E-state index contributed by atoms with van der Waals surface area (Å²) in [6.07, 6.45) is 6.04. The summed E-state index contributed by atoms with van der Waals surface area (Å²) < 4.78 is 13.7. The molecule has 2 aliphatic rings. The van der Waals surface area contributed by atoms with E-state index in [-0.39, 0.29) is 112 Å². The molecule has 18 heteroatoms. The molecule has 504 valence electrons. The Morgan fingerprint density at radius 2 is 0.490 bits per heavy atom. The van der Waals surface area contributed by atoms with Gasteiger partial charge in [0.1, 0.15) is 23.0 Å². The molecular formula is C82H60N8Ni4O6. The van der Waals surface area contributed by atoms with E-state index in [1.54, 1.807) is 121 Å². The standard InChI is InChI=1S/2C41H32N4O3.4Ni/c2*1-41(2)31-11-7-9-29(25-17-19-37(46)27(21-25)23-44-35-15-5-3-13-33(35)42)39(31)48-40-30(10-8-12-32(40)41)26-18-20-38(47)28(22-26)24-45-36-16-6-4-14-34(36)43;;;;/h2*3-24,42-43H,1-2H3,(H,44,46)(H,45,47);;;;/q2*-2;4*+2/p-4. The molecular weight excluding hydrogens is 1430 g/mol. The van der Waals surface area contributed by atoms with Crippen molar-refractivity contribution in [3.05, 3.63) is 310 Å². The van der Waals surface area contributed by atoms with Crippen molar-refractivity contribution in [1.29, 1.82) is 0 Å². The predicted molar refractivity (Wildman–Crippen MR) is 380 cm³/mol. The average molecular weight is 1490 g/mol. The number of nitrogens with one attached hydrogen (secondary N) is 4. The fraction of sp³-hybridized carbons (Fsp3) is 0.0732. The number of hydrogen-bond donors (Lipinski definition) is 0. The molecule has 0 aliphatic carbocycles. The second-order valence-electron chi connectivity index (χ2n) is 24.3. The Labute approximate surface area is 620 Å². The molecule has 12 aromatic carbocycles. The molecule has 100 heavy (non-hydrogen) atoms. The maximum absolute atomic E-state index is 12.9. The Bertz CT molecular complexity index is 4540. The quantitative estimate of drug-likeness (QED) is 0.0848. The molecule has 14 rings (SSSR count). The SMILES string of the molecule is CC1(C)c2cccc(-c3ccc([O-])c(C=Nc4ccccc4[NH-])c3)c2Oc2c(-c3ccc([O-])c(C=Nc4ccccc4[NH-])c3)cccc21.CC1(C)c2cccc(-c3ccc([O-])c(C=Nc4ccccc4[NH-])c3)c2Oc2c(-c3ccc([O-])c(C=Nc4ccccc4[NH-])c3)cccc21.[Ni+2].[Ni+2].[Ni+2].[Ni+2]. The van der Waals surface area contributed by atoms with Crippen LogP contribution in [0.1, 0.15) is 72.2 Å². The number of rotatable bonds is 12. The summed E-state index contributed by atoms with van der Waals surface area (Å²) in [5.74, 6) is 2.08. The molecule has 0 atom stereocenters. The third-order valence-electron chi connectivity index (χ3n) is 17.4. The van der Waals surface area contributed by atoms with Crippen LogP contribution in [0, 0.1) is 0 Å². The second kappa shape index (κ2) is 31.0. The van der Waals surface area contributed by atoms with Gasteiger partial charge in [-0.3, -0.25) is 20.0 Å². The molecule has 0 amide bonds. The number of hydrogen-bond acceptors (Lipinski definition) is 10. The van der Waals surface area contributed by atoms with Crippen LogP contribution in [0.2, 0.25) is 0 Å². The monoisotopic (exact) mass is 1480 g/mol. The van der Waals surface area contributed by atoms with Crippen molar-refractivity contribution in [1.82, 2.24) is 0 Å². The van der Waals surface area contributed by atoms with E-state index in [9.17, 15) is 20.4 Å². The molecule has 12 aromatic rings. The van der Waals surface area contributed by atoms with E-state index in [0.29, 0.717) is 68.0 Å². The molecule has 0 spiro atoms. The molecule has 2 heterocycles. The number of fused-ring (bicyclic) bond motifs is 4.